The molecule has 0 spiro atoms. The summed E-state index contributed by atoms with van der Waals surface area (Å²) in [4.78, 5) is 12.7. The first kappa shape index (κ1) is 20.7. The number of ether oxygens (including phenoxy) is 1. The van der Waals surface area contributed by atoms with Crippen molar-refractivity contribution in [2.45, 2.75) is 89.4 Å². The minimum Gasteiger partial charge on any atom is -0.426 e. The van der Waals surface area contributed by atoms with Crippen LogP contribution >= 0.6 is 0 Å². The zero-order valence-corrected chi connectivity index (χ0v) is 18.0. The third-order valence-corrected chi connectivity index (χ3v) is 8.10. The molecule has 0 atom stereocenters. The Hall–Kier alpha value is -1.57. The number of carbonyl (C=O) groups is 1. The van der Waals surface area contributed by atoms with Gasteiger partial charge in [-0.2, -0.15) is 0 Å². The number of esters is 1. The van der Waals surface area contributed by atoms with Gasteiger partial charge >= 0.3 is 5.97 Å². The number of carbonyl (C=O) groups excluding carboxylic acids is 1. The Bertz CT molecular complexity index is 654. The normalized spacial score (nSPS) is 31.2. The molecule has 29 heavy (non-hydrogen) atoms. The highest BCUT2D eigenvalue weighted by Gasteiger charge is 2.33. The molecule has 3 aliphatic rings. The van der Waals surface area contributed by atoms with E-state index in [4.69, 9.17) is 4.74 Å². The molecule has 2 nitrogen and oxygen atoms in total. The quantitative estimate of drug-likeness (QED) is 0.295. The van der Waals surface area contributed by atoms with Crippen molar-refractivity contribution in [2.75, 3.05) is 0 Å². The van der Waals surface area contributed by atoms with E-state index in [0.717, 1.165) is 36.3 Å². The Balaban J connectivity index is 1.23. The molecule has 0 radical (unpaired) electrons. The lowest BCUT2D eigenvalue weighted by atomic mass is 9.69. The maximum Gasteiger partial charge on any atom is 0.314 e. The zero-order chi connectivity index (χ0) is 20.1. The number of hydrogen-bond donors (Lipinski definition) is 0. The van der Waals surface area contributed by atoms with Crippen LogP contribution < -0.4 is 4.74 Å². The van der Waals surface area contributed by atoms with Crippen molar-refractivity contribution in [3.8, 4) is 5.75 Å². The van der Waals surface area contributed by atoms with Crippen molar-refractivity contribution in [1.29, 1.82) is 0 Å². The van der Waals surface area contributed by atoms with Crippen LogP contribution in [0.4, 0.5) is 0 Å². The smallest absolute Gasteiger partial charge is 0.314 e. The van der Waals surface area contributed by atoms with Crippen molar-refractivity contribution in [3.63, 3.8) is 0 Å². The van der Waals surface area contributed by atoms with E-state index >= 15 is 0 Å². The fourth-order valence-electron chi connectivity index (χ4n) is 6.12. The van der Waals surface area contributed by atoms with Crippen LogP contribution in [0.25, 0.3) is 0 Å². The lowest BCUT2D eigenvalue weighted by Crippen LogP contribution is -2.30. The minimum atomic E-state index is -0.00997. The summed E-state index contributed by atoms with van der Waals surface area (Å²) < 4.78 is 5.76. The Morgan fingerprint density at radius 1 is 0.793 bits per heavy atom. The van der Waals surface area contributed by atoms with Crippen LogP contribution in [0.15, 0.2) is 36.9 Å². The summed E-state index contributed by atoms with van der Waals surface area (Å²) in [6, 6.07) is 8.36. The second kappa shape index (κ2) is 9.96. The van der Waals surface area contributed by atoms with Crippen LogP contribution in [0.5, 0.6) is 5.75 Å². The molecule has 1 aromatic rings. The topological polar surface area (TPSA) is 26.3 Å². The van der Waals surface area contributed by atoms with E-state index in [1.165, 1.54) is 76.2 Å². The minimum absolute atomic E-state index is 0.00997. The predicted octanol–water partition coefficient (Wildman–Crippen LogP) is 7.44. The van der Waals surface area contributed by atoms with Gasteiger partial charge in [0.05, 0.1) is 5.92 Å². The van der Waals surface area contributed by atoms with E-state index in [2.05, 4.69) is 24.8 Å². The second-order valence-electron chi connectivity index (χ2n) is 9.85. The summed E-state index contributed by atoms with van der Waals surface area (Å²) in [5, 5.41) is 0. The molecular weight excluding hydrogens is 356 g/mol. The molecule has 0 heterocycles. The molecule has 0 saturated heterocycles. The average molecular weight is 395 g/mol. The van der Waals surface area contributed by atoms with Crippen molar-refractivity contribution in [2.24, 2.45) is 23.7 Å². The molecule has 1 aromatic carbocycles. The maximum absolute atomic E-state index is 12.7. The van der Waals surface area contributed by atoms with E-state index in [9.17, 15) is 4.79 Å². The highest BCUT2D eigenvalue weighted by Crippen LogP contribution is 2.42. The van der Waals surface area contributed by atoms with Gasteiger partial charge in [-0.15, -0.1) is 6.58 Å². The summed E-state index contributed by atoms with van der Waals surface area (Å²) in [5.74, 6) is 3.93. The van der Waals surface area contributed by atoms with Crippen LogP contribution in [-0.2, 0) is 4.79 Å². The fraction of sp³-hybridized carbons (Fsp3) is 0.667. The van der Waals surface area contributed by atoms with Crippen molar-refractivity contribution < 1.29 is 9.53 Å². The first-order valence-corrected chi connectivity index (χ1v) is 12.2. The van der Waals surface area contributed by atoms with Crippen LogP contribution in [0.3, 0.4) is 0 Å². The highest BCUT2D eigenvalue weighted by molar-refractivity contribution is 5.75. The molecule has 0 amide bonds. The Labute approximate surface area is 177 Å². The molecule has 3 fully saturated rings. The first-order valence-electron chi connectivity index (χ1n) is 12.2. The third kappa shape index (κ3) is 5.32. The van der Waals surface area contributed by atoms with Crippen molar-refractivity contribution in [3.05, 3.63) is 42.5 Å². The summed E-state index contributed by atoms with van der Waals surface area (Å²) >= 11 is 0. The maximum atomic E-state index is 12.7. The van der Waals surface area contributed by atoms with Gasteiger partial charge in [0, 0.05) is 0 Å². The highest BCUT2D eigenvalue weighted by atomic mass is 16.5. The van der Waals surface area contributed by atoms with Gasteiger partial charge in [-0.1, -0.05) is 37.5 Å². The van der Waals surface area contributed by atoms with E-state index in [0.29, 0.717) is 5.92 Å². The number of benzene rings is 1. The number of allylic oxidation sites excluding steroid dienone is 1. The summed E-state index contributed by atoms with van der Waals surface area (Å²) in [7, 11) is 0. The van der Waals surface area contributed by atoms with Gasteiger partial charge in [-0.05, 0) is 106 Å². The van der Waals surface area contributed by atoms with Gasteiger partial charge in [-0.3, -0.25) is 4.79 Å². The van der Waals surface area contributed by atoms with Crippen molar-refractivity contribution in [1.82, 2.24) is 0 Å². The van der Waals surface area contributed by atoms with Gasteiger partial charge in [0.1, 0.15) is 5.75 Å². The largest absolute Gasteiger partial charge is 0.426 e. The van der Waals surface area contributed by atoms with E-state index in [1.54, 1.807) is 0 Å². The molecule has 3 saturated carbocycles. The van der Waals surface area contributed by atoms with Gasteiger partial charge in [0.15, 0.2) is 0 Å². The molecule has 3 aliphatic carbocycles. The molecule has 0 aromatic heterocycles. The average Bonchev–Trinajstić information content (AvgIpc) is 2.80. The van der Waals surface area contributed by atoms with Gasteiger partial charge in [0.2, 0.25) is 0 Å². The van der Waals surface area contributed by atoms with Gasteiger partial charge < -0.3 is 4.74 Å². The summed E-state index contributed by atoms with van der Waals surface area (Å²) in [5.41, 5.74) is 1.41. The second-order valence-corrected chi connectivity index (χ2v) is 9.85. The lowest BCUT2D eigenvalue weighted by molar-refractivity contribution is -0.140. The molecule has 0 N–H and O–H groups in total. The SMILES string of the molecule is C=CC1CCC(C2CCC(C(=O)Oc3ccc(C4CCCCC4)cc3)CC2)CC1. The Kier molecular flexibility index (Phi) is 7.11. The summed E-state index contributed by atoms with van der Waals surface area (Å²) in [6.07, 6.45) is 18.6. The predicted molar refractivity (Wildman–Crippen MR) is 119 cm³/mol. The third-order valence-electron chi connectivity index (χ3n) is 8.10. The first-order chi connectivity index (χ1) is 14.2. The molecule has 158 valence electrons. The lowest BCUT2D eigenvalue weighted by Gasteiger charge is -2.36. The monoisotopic (exact) mass is 394 g/mol. The van der Waals surface area contributed by atoms with Crippen LogP contribution in [0, 0.1) is 23.7 Å². The molecular formula is C27H38O2. The van der Waals surface area contributed by atoms with E-state index < -0.39 is 0 Å². The fourth-order valence-corrected chi connectivity index (χ4v) is 6.12. The van der Waals surface area contributed by atoms with E-state index in [1.807, 2.05) is 12.1 Å². The Morgan fingerprint density at radius 3 is 1.97 bits per heavy atom. The molecule has 0 unspecified atom stereocenters. The van der Waals surface area contributed by atoms with E-state index in [-0.39, 0.29) is 11.9 Å². The molecule has 4 rings (SSSR count). The number of rotatable bonds is 5. The standard InChI is InChI=1S/C27H38O2/c1-2-20-8-10-22(11-9-20)23-12-14-25(15-13-23)27(28)29-26-18-16-24(17-19-26)21-6-4-3-5-7-21/h2,16-23,25H,1,3-15H2. The number of hydrogen-bond acceptors (Lipinski definition) is 2. The summed E-state index contributed by atoms with van der Waals surface area (Å²) in [6.45, 7) is 3.96. The molecule has 0 aliphatic heterocycles. The van der Waals surface area contributed by atoms with Gasteiger partial charge in [0.25, 0.3) is 0 Å². The van der Waals surface area contributed by atoms with Crippen molar-refractivity contribution >= 4 is 5.97 Å². The van der Waals surface area contributed by atoms with Crippen LogP contribution in [0.2, 0.25) is 0 Å². The Morgan fingerprint density at radius 2 is 1.38 bits per heavy atom. The molecule has 0 bridgehead atoms. The zero-order valence-electron chi connectivity index (χ0n) is 18.0. The van der Waals surface area contributed by atoms with Gasteiger partial charge in [-0.25, -0.2) is 0 Å². The van der Waals surface area contributed by atoms with Crippen LogP contribution in [0.1, 0.15) is 95.0 Å². The molecule has 2 heteroatoms. The van der Waals surface area contributed by atoms with Crippen LogP contribution in [-0.4, -0.2) is 5.97 Å².